The van der Waals surface area contributed by atoms with Crippen molar-refractivity contribution in [2.24, 2.45) is 0 Å². The van der Waals surface area contributed by atoms with Gasteiger partial charge in [0.25, 0.3) is 5.56 Å². The van der Waals surface area contributed by atoms with Crippen molar-refractivity contribution < 1.29 is 9.53 Å². The van der Waals surface area contributed by atoms with Crippen molar-refractivity contribution in [2.75, 3.05) is 0 Å². The van der Waals surface area contributed by atoms with E-state index >= 15 is 0 Å². The number of esters is 1. The van der Waals surface area contributed by atoms with E-state index in [0.29, 0.717) is 16.6 Å². The van der Waals surface area contributed by atoms with E-state index in [1.54, 1.807) is 18.3 Å². The van der Waals surface area contributed by atoms with Crippen molar-refractivity contribution >= 4 is 32.7 Å². The number of nitrogens with zero attached hydrogens (tertiary/aromatic N) is 2. The Morgan fingerprint density at radius 2 is 1.96 bits per heavy atom. The largest absolute Gasteiger partial charge is 0.461 e. The summed E-state index contributed by atoms with van der Waals surface area (Å²) < 4.78 is 7.19. The molecule has 0 amide bonds. The van der Waals surface area contributed by atoms with Gasteiger partial charge in [-0.2, -0.15) is 9.78 Å². The van der Waals surface area contributed by atoms with Crippen LogP contribution in [0.15, 0.2) is 51.9 Å². The number of benzene rings is 2. The quantitative estimate of drug-likeness (QED) is 0.587. The minimum Gasteiger partial charge on any atom is -0.461 e. The number of carbonyl (C=O) groups excluding carboxylic acids is 1. The van der Waals surface area contributed by atoms with Crippen LogP contribution in [0.3, 0.4) is 0 Å². The Labute approximate surface area is 160 Å². The van der Waals surface area contributed by atoms with E-state index in [-0.39, 0.29) is 18.1 Å². The number of ether oxygens (including phenoxy) is 1. The zero-order chi connectivity index (χ0) is 19.3. The summed E-state index contributed by atoms with van der Waals surface area (Å²) in [6.45, 7) is 7.38. The molecule has 6 heteroatoms. The van der Waals surface area contributed by atoms with Gasteiger partial charge in [0.1, 0.15) is 6.61 Å². The molecule has 1 aromatic heterocycles. The molecular weight excluding hydrogens is 396 g/mol. The molecule has 136 valence electrons. The predicted octanol–water partition coefficient (Wildman–Crippen LogP) is 4.55. The van der Waals surface area contributed by atoms with Gasteiger partial charge in [-0.15, -0.1) is 0 Å². The lowest BCUT2D eigenvalue weighted by Gasteiger charge is -2.13. The smallest absolute Gasteiger partial charge is 0.302 e. The van der Waals surface area contributed by atoms with Gasteiger partial charge in [-0.3, -0.25) is 9.59 Å². The third kappa shape index (κ3) is 4.19. The summed E-state index contributed by atoms with van der Waals surface area (Å²) in [6, 6.07) is 11.0. The molecule has 2 aromatic carbocycles. The van der Waals surface area contributed by atoms with Crippen LogP contribution in [0, 0.1) is 6.92 Å². The van der Waals surface area contributed by atoms with Gasteiger partial charge in [0, 0.05) is 22.3 Å². The second kappa shape index (κ2) is 8.76. The number of aryl methyl sites for hydroxylation is 1. The molecule has 5 nitrogen and oxygen atoms in total. The van der Waals surface area contributed by atoms with Crippen LogP contribution in [0.25, 0.3) is 16.5 Å². The van der Waals surface area contributed by atoms with Crippen molar-refractivity contribution in [3.05, 3.63) is 68.5 Å². The normalized spacial score (nSPS) is 10.2. The highest BCUT2D eigenvalue weighted by atomic mass is 79.9. The van der Waals surface area contributed by atoms with Gasteiger partial charge in [0.2, 0.25) is 0 Å². The fourth-order valence-corrected chi connectivity index (χ4v) is 2.97. The first kappa shape index (κ1) is 19.8. The van der Waals surface area contributed by atoms with Gasteiger partial charge < -0.3 is 4.74 Å². The third-order valence-electron chi connectivity index (χ3n) is 3.68. The van der Waals surface area contributed by atoms with Crippen LogP contribution < -0.4 is 5.56 Å². The molecule has 0 saturated heterocycles. The van der Waals surface area contributed by atoms with E-state index < -0.39 is 0 Å². The van der Waals surface area contributed by atoms with Crippen LogP contribution in [0.2, 0.25) is 0 Å². The molecule has 0 spiro atoms. The number of hydrogen-bond donors (Lipinski definition) is 0. The monoisotopic (exact) mass is 416 g/mol. The van der Waals surface area contributed by atoms with Crippen LogP contribution >= 0.6 is 15.9 Å². The molecule has 3 aromatic rings. The second-order valence-electron chi connectivity index (χ2n) is 5.47. The maximum absolute atomic E-state index is 12.8. The van der Waals surface area contributed by atoms with E-state index in [1.807, 2.05) is 45.0 Å². The Kier molecular flexibility index (Phi) is 6.69. The number of aromatic nitrogens is 2. The molecule has 0 saturated carbocycles. The second-order valence-corrected chi connectivity index (χ2v) is 6.32. The minimum atomic E-state index is -0.383. The highest BCUT2D eigenvalue weighted by Crippen LogP contribution is 2.24. The first-order valence-corrected chi connectivity index (χ1v) is 9.16. The molecule has 0 aliphatic heterocycles. The first-order valence-electron chi connectivity index (χ1n) is 8.37. The minimum absolute atomic E-state index is 0.0617. The van der Waals surface area contributed by atoms with Gasteiger partial charge in [-0.1, -0.05) is 47.5 Å². The van der Waals surface area contributed by atoms with Crippen molar-refractivity contribution in [1.29, 1.82) is 0 Å². The Hall–Kier alpha value is -2.47. The van der Waals surface area contributed by atoms with Crippen LogP contribution in [0.4, 0.5) is 0 Å². The van der Waals surface area contributed by atoms with E-state index in [9.17, 15) is 9.59 Å². The van der Waals surface area contributed by atoms with Crippen LogP contribution in [0.5, 0.6) is 0 Å². The first-order chi connectivity index (χ1) is 12.5. The molecule has 0 N–H and O–H groups in total. The topological polar surface area (TPSA) is 61.2 Å². The van der Waals surface area contributed by atoms with Crippen molar-refractivity contribution in [3.63, 3.8) is 0 Å². The summed E-state index contributed by atoms with van der Waals surface area (Å²) in [5.41, 5.74) is 2.13. The van der Waals surface area contributed by atoms with Gasteiger partial charge in [0.05, 0.1) is 17.3 Å². The molecule has 0 aliphatic rings. The molecule has 0 fully saturated rings. The molecule has 0 bridgehead atoms. The molecule has 26 heavy (non-hydrogen) atoms. The summed E-state index contributed by atoms with van der Waals surface area (Å²) >= 11 is 3.44. The summed E-state index contributed by atoms with van der Waals surface area (Å²) in [5, 5.41) is 5.68. The molecule has 0 unspecified atom stereocenters. The fourth-order valence-electron chi connectivity index (χ4n) is 2.50. The lowest BCUT2D eigenvalue weighted by Crippen LogP contribution is -2.22. The van der Waals surface area contributed by atoms with Gasteiger partial charge in [-0.05, 0) is 31.2 Å². The maximum atomic E-state index is 12.8. The SMILES string of the molecule is CC.CC(=O)OCc1c(Br)cccc1-n1ncc2cc(C)ccc2c1=O. The van der Waals surface area contributed by atoms with Gasteiger partial charge in [0.15, 0.2) is 0 Å². The highest BCUT2D eigenvalue weighted by Gasteiger charge is 2.14. The highest BCUT2D eigenvalue weighted by molar-refractivity contribution is 9.10. The molecule has 0 aliphatic carbocycles. The predicted molar refractivity (Wildman–Crippen MR) is 107 cm³/mol. The standard InChI is InChI=1S/C18H15BrN2O3.C2H6/c1-11-6-7-14-13(8-11)9-20-21(18(14)23)17-5-3-4-16(19)15(17)10-24-12(2)22;1-2/h3-9H,10H2,1-2H3;1-2H3. The van der Waals surface area contributed by atoms with Gasteiger partial charge >= 0.3 is 5.97 Å². The Bertz CT molecular complexity index is 996. The van der Waals surface area contributed by atoms with Crippen molar-refractivity contribution in [3.8, 4) is 5.69 Å². The zero-order valence-corrected chi connectivity index (χ0v) is 16.8. The van der Waals surface area contributed by atoms with Crippen LogP contribution in [-0.4, -0.2) is 15.7 Å². The molecule has 1 heterocycles. The van der Waals surface area contributed by atoms with E-state index in [1.165, 1.54) is 11.6 Å². The Morgan fingerprint density at radius 1 is 1.23 bits per heavy atom. The average molecular weight is 417 g/mol. The molecule has 0 atom stereocenters. The lowest BCUT2D eigenvalue weighted by atomic mass is 10.1. The summed E-state index contributed by atoms with van der Waals surface area (Å²) in [5.74, 6) is -0.383. The van der Waals surface area contributed by atoms with Crippen LogP contribution in [-0.2, 0) is 16.1 Å². The zero-order valence-electron chi connectivity index (χ0n) is 15.2. The third-order valence-corrected chi connectivity index (χ3v) is 4.43. The maximum Gasteiger partial charge on any atom is 0.302 e. The molecular formula is C20H21BrN2O3. The molecule has 0 radical (unpaired) electrons. The number of hydrogen-bond acceptors (Lipinski definition) is 4. The van der Waals surface area contributed by atoms with Crippen LogP contribution in [0.1, 0.15) is 31.9 Å². The summed E-state index contributed by atoms with van der Waals surface area (Å²) in [4.78, 5) is 23.9. The average Bonchev–Trinajstić information content (AvgIpc) is 2.62. The van der Waals surface area contributed by atoms with E-state index in [2.05, 4.69) is 21.0 Å². The van der Waals surface area contributed by atoms with Crippen molar-refractivity contribution in [1.82, 2.24) is 9.78 Å². The summed E-state index contributed by atoms with van der Waals surface area (Å²) in [7, 11) is 0. The fraction of sp³-hybridized carbons (Fsp3) is 0.250. The van der Waals surface area contributed by atoms with E-state index in [0.717, 1.165) is 15.4 Å². The lowest BCUT2D eigenvalue weighted by molar-refractivity contribution is -0.142. The number of carbonyl (C=O) groups is 1. The Morgan fingerprint density at radius 3 is 2.65 bits per heavy atom. The van der Waals surface area contributed by atoms with Crippen molar-refractivity contribution in [2.45, 2.75) is 34.3 Å². The summed E-state index contributed by atoms with van der Waals surface area (Å²) in [6.07, 6.45) is 1.67. The Balaban J connectivity index is 0.00000117. The number of rotatable bonds is 3. The molecule has 3 rings (SSSR count). The van der Waals surface area contributed by atoms with Gasteiger partial charge in [-0.25, -0.2) is 0 Å². The number of fused-ring (bicyclic) bond motifs is 1. The number of halogens is 1. The van der Waals surface area contributed by atoms with E-state index in [4.69, 9.17) is 4.74 Å².